The smallest absolute Gasteiger partial charge is 0.465 e. The van der Waals surface area contributed by atoms with E-state index < -0.39 is 24.6 Å². The number of ether oxygens (including phenoxy) is 6. The lowest BCUT2D eigenvalue weighted by Crippen LogP contribution is -2.26. The molecule has 2 heterocycles. The van der Waals surface area contributed by atoms with Crippen LogP contribution in [0.5, 0.6) is 6.01 Å². The van der Waals surface area contributed by atoms with Crippen LogP contribution in [-0.2, 0) is 41.8 Å². The highest BCUT2D eigenvalue weighted by molar-refractivity contribution is 7.99. The number of esters is 1. The molecule has 5 aromatic rings. The topological polar surface area (TPSA) is 221 Å². The normalized spacial score (nSPS) is 13.6. The van der Waals surface area contributed by atoms with E-state index in [1.54, 1.807) is 18.2 Å². The quantitative estimate of drug-likeness (QED) is 0.0292. The van der Waals surface area contributed by atoms with Gasteiger partial charge in [0, 0.05) is 24.0 Å². The van der Waals surface area contributed by atoms with Crippen LogP contribution in [0.25, 0.3) is 33.5 Å². The largest absolute Gasteiger partial charge is 0.511 e. The van der Waals surface area contributed by atoms with Crippen LogP contribution in [0.1, 0.15) is 61.9 Å². The molecule has 2 aromatic heterocycles. The van der Waals surface area contributed by atoms with Crippen LogP contribution in [0, 0.1) is 0 Å². The van der Waals surface area contributed by atoms with Crippen LogP contribution in [0.4, 0.5) is 9.59 Å². The Bertz CT molecular complexity index is 2160. The zero-order valence-corrected chi connectivity index (χ0v) is 33.3. The first-order valence-electron chi connectivity index (χ1n) is 19.0. The summed E-state index contributed by atoms with van der Waals surface area (Å²) in [6, 6.07) is 20.8. The van der Waals surface area contributed by atoms with E-state index in [-0.39, 0.29) is 37.0 Å². The van der Waals surface area contributed by atoms with Crippen molar-refractivity contribution < 1.29 is 58.1 Å². The number of imidazole rings is 1. The Labute approximate surface area is 342 Å². The molecule has 314 valence electrons. The summed E-state index contributed by atoms with van der Waals surface area (Å²) in [5.74, 6) is 0.515. The van der Waals surface area contributed by atoms with Gasteiger partial charge in [0.25, 0.3) is 6.01 Å². The highest BCUT2D eigenvalue weighted by Crippen LogP contribution is 2.32. The number of benzene rings is 3. The maximum absolute atomic E-state index is 13.5. The van der Waals surface area contributed by atoms with Crippen molar-refractivity contribution in [3.8, 4) is 28.5 Å². The van der Waals surface area contributed by atoms with Gasteiger partial charge in [0.15, 0.2) is 0 Å². The van der Waals surface area contributed by atoms with Crippen molar-refractivity contribution in [1.82, 2.24) is 35.1 Å². The number of carbonyl (C=O) groups excluding carboxylic acids is 3. The molecule has 1 unspecified atom stereocenters. The number of rotatable bonds is 19. The van der Waals surface area contributed by atoms with Gasteiger partial charge in [0.2, 0.25) is 18.8 Å². The molecular weight excluding hydrogens is 791 g/mol. The molecule has 0 radical (unpaired) electrons. The van der Waals surface area contributed by atoms with Crippen LogP contribution in [-0.4, -0.2) is 108 Å². The molecule has 19 nitrogen and oxygen atoms in total. The molecular formula is C39H45N7O12S. The summed E-state index contributed by atoms with van der Waals surface area (Å²) in [5, 5.41) is 29.2. The Balaban J connectivity index is 1.09. The van der Waals surface area contributed by atoms with E-state index in [0.29, 0.717) is 53.1 Å². The van der Waals surface area contributed by atoms with Crippen LogP contribution < -0.4 is 4.74 Å². The summed E-state index contributed by atoms with van der Waals surface area (Å²) >= 11 is 1.38. The molecule has 0 spiro atoms. The maximum atomic E-state index is 13.5. The maximum Gasteiger partial charge on any atom is 0.511 e. The Morgan fingerprint density at radius 2 is 1.66 bits per heavy atom. The molecule has 1 aliphatic rings. The third kappa shape index (κ3) is 12.1. The SMILES string of the molecule is CCOc1nc2cccc(C(=O)OC(C)OC(=O)OC3CCCCC3)c2n1Cc1ccc(-c2ccccc2-c2nnn(COC(=O)OCCSCCON(O)O)n2)cc1. The summed E-state index contributed by atoms with van der Waals surface area (Å²) in [7, 11) is 0. The molecule has 3 aromatic carbocycles. The number of nitrogens with zero attached hydrogens (tertiary/aromatic N) is 7. The number of fused-ring (bicyclic) bond motifs is 1. The Kier molecular flexibility index (Phi) is 15.4. The Morgan fingerprint density at radius 3 is 2.42 bits per heavy atom. The molecule has 1 atom stereocenters. The van der Waals surface area contributed by atoms with Crippen molar-refractivity contribution in [1.29, 1.82) is 0 Å². The summed E-state index contributed by atoms with van der Waals surface area (Å²) in [5.41, 5.74) is 4.54. The molecule has 0 bridgehead atoms. The van der Waals surface area contributed by atoms with Crippen LogP contribution in [0.3, 0.4) is 0 Å². The molecule has 1 fully saturated rings. The molecule has 59 heavy (non-hydrogen) atoms. The summed E-state index contributed by atoms with van der Waals surface area (Å²) in [6.45, 7) is 3.79. The lowest BCUT2D eigenvalue weighted by molar-refractivity contribution is -0.490. The standard InChI is InChI=1S/C39H45N7O12S/c1-3-52-37-40-33-15-9-14-32(36(47)56-26(2)57-39(49)58-29-10-5-4-6-11-29)34(33)44(37)24-27-16-18-28(19-17-27)30-12-7-8-13-31(30)35-41-43-45(42-35)25-54-38(48)53-20-22-59-23-21-55-46(50)51/h7-9,12-19,26,29,50-51H,3-6,10-11,20-25H2,1-2H3. The average Bonchev–Trinajstić information content (AvgIpc) is 3.85. The lowest BCUT2D eigenvalue weighted by Gasteiger charge is -2.22. The van der Waals surface area contributed by atoms with Crippen LogP contribution in [0.15, 0.2) is 66.7 Å². The van der Waals surface area contributed by atoms with Gasteiger partial charge in [-0.05, 0) is 66.6 Å². The molecule has 20 heteroatoms. The number of thioether (sulfide) groups is 1. The molecule has 6 rings (SSSR count). The predicted molar refractivity (Wildman–Crippen MR) is 209 cm³/mol. The van der Waals surface area contributed by atoms with Crippen LogP contribution >= 0.6 is 11.8 Å². The third-order valence-electron chi connectivity index (χ3n) is 8.98. The third-order valence-corrected chi connectivity index (χ3v) is 9.89. The molecule has 0 saturated heterocycles. The van der Waals surface area contributed by atoms with E-state index in [2.05, 4.69) is 25.2 Å². The molecule has 0 aliphatic heterocycles. The van der Waals surface area contributed by atoms with Crippen LogP contribution in [0.2, 0.25) is 0 Å². The fourth-order valence-electron chi connectivity index (χ4n) is 6.36. The second kappa shape index (κ2) is 21.3. The number of hydrogen-bond donors (Lipinski definition) is 2. The molecule has 0 amide bonds. The number of tetrazole rings is 1. The second-order valence-corrected chi connectivity index (χ2v) is 14.3. The molecule has 1 saturated carbocycles. The predicted octanol–water partition coefficient (Wildman–Crippen LogP) is 6.65. The van der Waals surface area contributed by atoms with E-state index >= 15 is 0 Å². The fraction of sp³-hybridized carbons (Fsp3) is 0.410. The van der Waals surface area contributed by atoms with Gasteiger partial charge in [0.05, 0.1) is 41.7 Å². The first kappa shape index (κ1) is 42.8. The van der Waals surface area contributed by atoms with Crippen molar-refractivity contribution in [3.05, 3.63) is 77.9 Å². The van der Waals surface area contributed by atoms with Gasteiger partial charge in [-0.15, -0.1) is 15.0 Å². The number of aromatic nitrogens is 6. The van der Waals surface area contributed by atoms with E-state index in [0.717, 1.165) is 53.6 Å². The van der Waals surface area contributed by atoms with E-state index in [1.807, 2.05) is 60.0 Å². The first-order chi connectivity index (χ1) is 28.7. The zero-order valence-electron chi connectivity index (χ0n) is 32.5. The molecule has 1 aliphatic carbocycles. The second-order valence-electron chi connectivity index (χ2n) is 13.1. The minimum Gasteiger partial charge on any atom is -0.465 e. The lowest BCUT2D eigenvalue weighted by atomic mass is 9.98. The van der Waals surface area contributed by atoms with Crippen molar-refractivity contribution in [2.75, 3.05) is 31.3 Å². The minimum atomic E-state index is -1.19. The average molecular weight is 836 g/mol. The zero-order chi connectivity index (χ0) is 41.6. The number of carbonyl (C=O) groups is 3. The van der Waals surface area contributed by atoms with Gasteiger partial charge in [0.1, 0.15) is 12.7 Å². The van der Waals surface area contributed by atoms with Crippen molar-refractivity contribution in [2.24, 2.45) is 0 Å². The van der Waals surface area contributed by atoms with Gasteiger partial charge in [-0.1, -0.05) is 61.0 Å². The number of hydrogen-bond acceptors (Lipinski definition) is 18. The van der Waals surface area contributed by atoms with Crippen molar-refractivity contribution >= 4 is 41.1 Å². The van der Waals surface area contributed by atoms with E-state index in [1.165, 1.54) is 18.7 Å². The van der Waals surface area contributed by atoms with Gasteiger partial charge in [-0.2, -0.15) is 16.7 Å². The van der Waals surface area contributed by atoms with Crippen molar-refractivity contribution in [2.45, 2.75) is 71.6 Å². The van der Waals surface area contributed by atoms with Crippen molar-refractivity contribution in [3.63, 3.8) is 0 Å². The summed E-state index contributed by atoms with van der Waals surface area (Å²) in [4.78, 5) is 48.2. The molecule has 2 N–H and O–H groups in total. The highest BCUT2D eigenvalue weighted by Gasteiger charge is 2.25. The summed E-state index contributed by atoms with van der Waals surface area (Å²) < 4.78 is 34.1. The monoisotopic (exact) mass is 835 g/mol. The van der Waals surface area contributed by atoms with Gasteiger partial charge in [-0.3, -0.25) is 15.0 Å². The van der Waals surface area contributed by atoms with E-state index in [9.17, 15) is 14.4 Å². The van der Waals surface area contributed by atoms with Gasteiger partial charge in [-0.25, -0.2) is 19.2 Å². The minimum absolute atomic E-state index is 0.0681. The summed E-state index contributed by atoms with van der Waals surface area (Å²) in [6.07, 6.45) is 1.52. The van der Waals surface area contributed by atoms with E-state index in [4.69, 9.17) is 38.8 Å². The fourth-order valence-corrected chi connectivity index (χ4v) is 6.96. The first-order valence-corrected chi connectivity index (χ1v) is 20.2. The van der Waals surface area contributed by atoms with Gasteiger partial charge < -0.3 is 28.4 Å². The highest BCUT2D eigenvalue weighted by atomic mass is 32.2. The number of para-hydroxylation sites is 1. The van der Waals surface area contributed by atoms with Gasteiger partial charge >= 0.3 is 18.3 Å². The Hall–Kier alpha value is -5.80. The Morgan fingerprint density at radius 1 is 0.898 bits per heavy atom.